The van der Waals surface area contributed by atoms with Crippen molar-refractivity contribution in [1.29, 1.82) is 0 Å². The Bertz CT molecular complexity index is 1250. The molecule has 32 heavy (non-hydrogen) atoms. The second kappa shape index (κ2) is 8.61. The number of aromatic hydroxyl groups is 1. The number of aromatic nitrogens is 4. The molecule has 4 aromatic rings. The standard InChI is InChI=1S/C21H16F4N6O/c22-14-7-5-12(6-8-14)15-10-26-18-17(29-15)19(28-11-21(23,24)25)31-20(30-18)27-9-13-3-1-2-4-16(13)32/h1-8,10,32H,9,11H2,(H2,26,27,28,30,31). The van der Waals surface area contributed by atoms with Crippen LogP contribution in [0.15, 0.2) is 54.7 Å². The van der Waals surface area contributed by atoms with Crippen LogP contribution in [-0.2, 0) is 6.54 Å². The Morgan fingerprint density at radius 1 is 0.906 bits per heavy atom. The molecule has 4 rings (SSSR count). The van der Waals surface area contributed by atoms with Crippen molar-refractivity contribution < 1.29 is 22.7 Å². The zero-order valence-corrected chi connectivity index (χ0v) is 16.4. The van der Waals surface area contributed by atoms with Gasteiger partial charge in [-0.3, -0.25) is 0 Å². The van der Waals surface area contributed by atoms with Crippen LogP contribution in [-0.4, -0.2) is 37.8 Å². The van der Waals surface area contributed by atoms with Gasteiger partial charge in [-0.05, 0) is 30.3 Å². The maximum Gasteiger partial charge on any atom is 0.405 e. The van der Waals surface area contributed by atoms with E-state index in [1.165, 1.54) is 36.5 Å². The number of rotatable bonds is 6. The van der Waals surface area contributed by atoms with Gasteiger partial charge in [0.2, 0.25) is 5.95 Å². The lowest BCUT2D eigenvalue weighted by atomic mass is 10.1. The van der Waals surface area contributed by atoms with Crippen LogP contribution in [0.4, 0.5) is 29.3 Å². The molecule has 0 saturated carbocycles. The highest BCUT2D eigenvalue weighted by molar-refractivity contribution is 5.85. The number of fused-ring (bicyclic) bond motifs is 1. The fraction of sp³-hybridized carbons (Fsp3) is 0.143. The van der Waals surface area contributed by atoms with Crippen LogP contribution in [0.5, 0.6) is 5.75 Å². The van der Waals surface area contributed by atoms with Crippen LogP contribution in [0.25, 0.3) is 22.4 Å². The molecule has 164 valence electrons. The van der Waals surface area contributed by atoms with Crippen LogP contribution < -0.4 is 10.6 Å². The largest absolute Gasteiger partial charge is 0.508 e. The van der Waals surface area contributed by atoms with E-state index in [4.69, 9.17) is 0 Å². The molecule has 0 bridgehead atoms. The Hall–Kier alpha value is -4.02. The minimum Gasteiger partial charge on any atom is -0.508 e. The van der Waals surface area contributed by atoms with E-state index in [-0.39, 0.29) is 35.2 Å². The smallest absolute Gasteiger partial charge is 0.405 e. The molecule has 0 saturated heterocycles. The first-order chi connectivity index (χ1) is 15.3. The van der Waals surface area contributed by atoms with Gasteiger partial charge < -0.3 is 15.7 Å². The number of phenols is 1. The zero-order chi connectivity index (χ0) is 22.7. The van der Waals surface area contributed by atoms with Crippen LogP contribution in [0.2, 0.25) is 0 Å². The molecule has 2 aromatic carbocycles. The third kappa shape index (κ3) is 4.99. The molecular formula is C21H16F4N6O. The molecule has 0 aliphatic carbocycles. The van der Waals surface area contributed by atoms with E-state index >= 15 is 0 Å². The van der Waals surface area contributed by atoms with Crippen LogP contribution in [0, 0.1) is 5.82 Å². The van der Waals surface area contributed by atoms with Crippen molar-refractivity contribution in [3.8, 4) is 17.0 Å². The molecule has 0 atom stereocenters. The van der Waals surface area contributed by atoms with Crippen molar-refractivity contribution in [3.05, 3.63) is 66.1 Å². The first-order valence-electron chi connectivity index (χ1n) is 9.40. The third-order valence-corrected chi connectivity index (χ3v) is 4.43. The van der Waals surface area contributed by atoms with Gasteiger partial charge in [0.25, 0.3) is 0 Å². The highest BCUT2D eigenvalue weighted by Crippen LogP contribution is 2.25. The summed E-state index contributed by atoms with van der Waals surface area (Å²) in [6.07, 6.45) is -3.09. The number of hydrogen-bond acceptors (Lipinski definition) is 7. The first-order valence-corrected chi connectivity index (χ1v) is 9.40. The van der Waals surface area contributed by atoms with E-state index in [9.17, 15) is 22.7 Å². The second-order valence-electron chi connectivity index (χ2n) is 6.78. The Morgan fingerprint density at radius 2 is 1.66 bits per heavy atom. The van der Waals surface area contributed by atoms with Crippen LogP contribution in [0.3, 0.4) is 0 Å². The van der Waals surface area contributed by atoms with Gasteiger partial charge in [-0.1, -0.05) is 18.2 Å². The molecule has 7 nitrogen and oxygen atoms in total. The van der Waals surface area contributed by atoms with E-state index in [0.29, 0.717) is 16.8 Å². The van der Waals surface area contributed by atoms with Crippen molar-refractivity contribution in [3.63, 3.8) is 0 Å². The van der Waals surface area contributed by atoms with Gasteiger partial charge in [0.05, 0.1) is 11.9 Å². The Balaban J connectivity index is 1.70. The average Bonchev–Trinajstić information content (AvgIpc) is 2.76. The lowest BCUT2D eigenvalue weighted by Crippen LogP contribution is -2.22. The first kappa shape index (κ1) is 21.2. The van der Waals surface area contributed by atoms with E-state index in [1.807, 2.05) is 0 Å². The zero-order valence-electron chi connectivity index (χ0n) is 16.4. The topological polar surface area (TPSA) is 95.8 Å². The van der Waals surface area contributed by atoms with Gasteiger partial charge in [0.1, 0.15) is 18.1 Å². The molecule has 0 aliphatic heterocycles. The molecule has 0 fully saturated rings. The van der Waals surface area contributed by atoms with Gasteiger partial charge in [-0.15, -0.1) is 0 Å². The maximum absolute atomic E-state index is 13.2. The number of alkyl halides is 3. The van der Waals surface area contributed by atoms with Crippen LogP contribution in [0.1, 0.15) is 5.56 Å². The lowest BCUT2D eigenvalue weighted by Gasteiger charge is -2.13. The molecule has 0 radical (unpaired) electrons. The van der Waals surface area contributed by atoms with Crippen molar-refractivity contribution in [1.82, 2.24) is 19.9 Å². The van der Waals surface area contributed by atoms with Crippen molar-refractivity contribution in [2.24, 2.45) is 0 Å². The Kier molecular flexibility index (Phi) is 5.71. The van der Waals surface area contributed by atoms with Crippen molar-refractivity contribution >= 4 is 22.9 Å². The summed E-state index contributed by atoms with van der Waals surface area (Å²) >= 11 is 0. The number of benzene rings is 2. The number of halogens is 4. The number of anilines is 2. The van der Waals surface area contributed by atoms with E-state index in [0.717, 1.165) is 0 Å². The highest BCUT2D eigenvalue weighted by atomic mass is 19.4. The van der Waals surface area contributed by atoms with Gasteiger partial charge >= 0.3 is 6.18 Å². The summed E-state index contributed by atoms with van der Waals surface area (Å²) in [6, 6.07) is 12.0. The van der Waals surface area contributed by atoms with Crippen LogP contribution >= 0.6 is 0 Å². The Morgan fingerprint density at radius 3 is 2.38 bits per heavy atom. The highest BCUT2D eigenvalue weighted by Gasteiger charge is 2.27. The summed E-state index contributed by atoms with van der Waals surface area (Å²) in [5, 5.41) is 15.0. The summed E-state index contributed by atoms with van der Waals surface area (Å²) < 4.78 is 51.7. The molecule has 11 heteroatoms. The monoisotopic (exact) mass is 444 g/mol. The number of nitrogens with one attached hydrogen (secondary N) is 2. The van der Waals surface area contributed by atoms with Gasteiger partial charge in [0, 0.05) is 17.7 Å². The predicted octanol–water partition coefficient (Wildman–Crippen LogP) is 4.52. The average molecular weight is 444 g/mol. The number of hydrogen-bond donors (Lipinski definition) is 3. The second-order valence-corrected chi connectivity index (χ2v) is 6.78. The quantitative estimate of drug-likeness (QED) is 0.377. The van der Waals surface area contributed by atoms with Crippen molar-refractivity contribution in [2.45, 2.75) is 12.7 Å². The summed E-state index contributed by atoms with van der Waals surface area (Å²) in [5.41, 5.74) is 1.51. The number of para-hydroxylation sites is 1. The van der Waals surface area contributed by atoms with Gasteiger partial charge in [0.15, 0.2) is 17.0 Å². The molecular weight excluding hydrogens is 428 g/mol. The minimum absolute atomic E-state index is 0.00857. The molecule has 0 unspecified atom stereocenters. The lowest BCUT2D eigenvalue weighted by molar-refractivity contribution is -0.115. The number of nitrogens with zero attached hydrogens (tertiary/aromatic N) is 4. The summed E-state index contributed by atoms with van der Waals surface area (Å²) in [7, 11) is 0. The summed E-state index contributed by atoms with van der Waals surface area (Å²) in [5.74, 6) is -0.531. The summed E-state index contributed by atoms with van der Waals surface area (Å²) in [6.45, 7) is -1.20. The predicted molar refractivity (Wildman–Crippen MR) is 111 cm³/mol. The SMILES string of the molecule is Oc1ccccc1CNc1nc(NCC(F)(F)F)c2nc(-c3ccc(F)cc3)cnc2n1. The minimum atomic E-state index is -4.48. The van der Waals surface area contributed by atoms with Gasteiger partial charge in [-0.25, -0.2) is 14.4 Å². The van der Waals surface area contributed by atoms with Gasteiger partial charge in [-0.2, -0.15) is 23.1 Å². The van der Waals surface area contributed by atoms with E-state index in [2.05, 4.69) is 30.6 Å². The van der Waals surface area contributed by atoms with E-state index < -0.39 is 18.5 Å². The molecule has 0 aliphatic rings. The molecule has 0 spiro atoms. The van der Waals surface area contributed by atoms with E-state index in [1.54, 1.807) is 18.2 Å². The normalized spacial score (nSPS) is 11.5. The Labute approximate surface area is 179 Å². The fourth-order valence-corrected chi connectivity index (χ4v) is 2.89. The molecule has 0 amide bonds. The number of phenolic OH excluding ortho intramolecular Hbond substituents is 1. The fourth-order valence-electron chi connectivity index (χ4n) is 2.89. The maximum atomic E-state index is 13.2. The van der Waals surface area contributed by atoms with Crippen molar-refractivity contribution in [2.75, 3.05) is 17.2 Å². The summed E-state index contributed by atoms with van der Waals surface area (Å²) in [4.78, 5) is 16.9. The molecule has 3 N–H and O–H groups in total. The molecule has 2 heterocycles. The molecule has 2 aromatic heterocycles. The third-order valence-electron chi connectivity index (χ3n) is 4.43.